The zero-order valence-electron chi connectivity index (χ0n) is 13.3. The molecule has 0 saturated carbocycles. The first-order valence-electron chi connectivity index (χ1n) is 7.67. The molecule has 1 saturated heterocycles. The van der Waals surface area contributed by atoms with Gasteiger partial charge in [0, 0.05) is 11.7 Å². The normalized spacial score (nSPS) is 18.7. The van der Waals surface area contributed by atoms with Crippen LogP contribution in [0.25, 0.3) is 0 Å². The molecular formula is C17H24N2O2. The Labute approximate surface area is 126 Å². The van der Waals surface area contributed by atoms with Gasteiger partial charge < -0.3 is 5.32 Å². The fraction of sp³-hybridized carbons (Fsp3) is 0.529. The average molecular weight is 288 g/mol. The quantitative estimate of drug-likeness (QED) is 0.847. The van der Waals surface area contributed by atoms with E-state index in [1.54, 1.807) is 0 Å². The maximum atomic E-state index is 12.5. The van der Waals surface area contributed by atoms with E-state index in [1.165, 1.54) is 10.5 Å². The van der Waals surface area contributed by atoms with E-state index in [0.29, 0.717) is 0 Å². The maximum Gasteiger partial charge on any atom is 0.252 e. The van der Waals surface area contributed by atoms with Gasteiger partial charge in [0.15, 0.2) is 0 Å². The van der Waals surface area contributed by atoms with Gasteiger partial charge in [-0.1, -0.05) is 31.5 Å². The van der Waals surface area contributed by atoms with Gasteiger partial charge in [-0.3, -0.25) is 14.5 Å². The highest BCUT2D eigenvalue weighted by atomic mass is 16.2. The predicted molar refractivity (Wildman–Crippen MR) is 84.2 cm³/mol. The molecule has 1 aromatic rings. The van der Waals surface area contributed by atoms with E-state index in [2.05, 4.69) is 11.4 Å². The summed E-state index contributed by atoms with van der Waals surface area (Å²) in [6.45, 7) is 8.07. The summed E-state index contributed by atoms with van der Waals surface area (Å²) in [7, 11) is 0. The van der Waals surface area contributed by atoms with Gasteiger partial charge in [0.05, 0.1) is 6.42 Å². The van der Waals surface area contributed by atoms with Crippen LogP contribution in [0.2, 0.25) is 0 Å². The van der Waals surface area contributed by atoms with E-state index in [1.807, 2.05) is 39.8 Å². The molecule has 1 atom stereocenters. The van der Waals surface area contributed by atoms with Crippen molar-refractivity contribution in [1.29, 1.82) is 0 Å². The fourth-order valence-electron chi connectivity index (χ4n) is 2.96. The summed E-state index contributed by atoms with van der Waals surface area (Å²) in [4.78, 5) is 26.1. The van der Waals surface area contributed by atoms with Crippen LogP contribution in [0.4, 0.5) is 5.69 Å². The van der Waals surface area contributed by atoms with Gasteiger partial charge in [0.2, 0.25) is 5.91 Å². The van der Waals surface area contributed by atoms with E-state index in [0.717, 1.165) is 24.1 Å². The number of aryl methyl sites for hydroxylation is 2. The Bertz CT molecular complexity index is 550. The summed E-state index contributed by atoms with van der Waals surface area (Å²) in [5, 5.41) is 3.24. The number of hydrogen-bond donors (Lipinski definition) is 1. The van der Waals surface area contributed by atoms with Gasteiger partial charge in [-0.25, -0.2) is 0 Å². The van der Waals surface area contributed by atoms with E-state index in [4.69, 9.17) is 0 Å². The second-order valence-electron chi connectivity index (χ2n) is 5.79. The van der Waals surface area contributed by atoms with E-state index >= 15 is 0 Å². The third kappa shape index (κ3) is 3.09. The number of nitrogens with zero attached hydrogens (tertiary/aromatic N) is 1. The van der Waals surface area contributed by atoms with Crippen LogP contribution in [-0.4, -0.2) is 28.8 Å². The van der Waals surface area contributed by atoms with Crippen molar-refractivity contribution in [2.45, 2.75) is 59.0 Å². The Morgan fingerprint density at radius 1 is 1.24 bits per heavy atom. The van der Waals surface area contributed by atoms with Crippen molar-refractivity contribution in [3.63, 3.8) is 0 Å². The minimum absolute atomic E-state index is 0.0240. The number of carbonyl (C=O) groups is 2. The molecule has 21 heavy (non-hydrogen) atoms. The lowest BCUT2D eigenvalue weighted by Crippen LogP contribution is -2.41. The molecular weight excluding hydrogens is 264 g/mol. The van der Waals surface area contributed by atoms with Gasteiger partial charge >= 0.3 is 0 Å². The predicted octanol–water partition coefficient (Wildman–Crippen LogP) is 3.03. The van der Waals surface area contributed by atoms with Crippen molar-refractivity contribution in [2.75, 3.05) is 5.32 Å². The maximum absolute atomic E-state index is 12.5. The van der Waals surface area contributed by atoms with Crippen LogP contribution in [0.3, 0.4) is 0 Å². The van der Waals surface area contributed by atoms with Gasteiger partial charge in [0.1, 0.15) is 6.04 Å². The summed E-state index contributed by atoms with van der Waals surface area (Å²) in [6, 6.07) is 5.65. The third-order valence-corrected chi connectivity index (χ3v) is 4.20. The van der Waals surface area contributed by atoms with Crippen molar-refractivity contribution >= 4 is 17.5 Å². The molecule has 4 heteroatoms. The molecule has 1 N–H and O–H groups in total. The van der Waals surface area contributed by atoms with Crippen molar-refractivity contribution in [3.05, 3.63) is 29.3 Å². The minimum atomic E-state index is -0.431. The van der Waals surface area contributed by atoms with E-state index < -0.39 is 6.04 Å². The van der Waals surface area contributed by atoms with Gasteiger partial charge in [-0.2, -0.15) is 0 Å². The minimum Gasteiger partial charge on any atom is -0.373 e. The lowest BCUT2D eigenvalue weighted by Gasteiger charge is -2.24. The Morgan fingerprint density at radius 2 is 1.90 bits per heavy atom. The molecule has 1 fully saturated rings. The fourth-order valence-corrected chi connectivity index (χ4v) is 2.96. The number of nitrogens with one attached hydrogen (secondary N) is 1. The highest BCUT2D eigenvalue weighted by molar-refractivity contribution is 6.07. The zero-order chi connectivity index (χ0) is 15.6. The Kier molecular flexibility index (Phi) is 4.66. The largest absolute Gasteiger partial charge is 0.373 e. The molecule has 0 radical (unpaired) electrons. The van der Waals surface area contributed by atoms with Crippen molar-refractivity contribution < 1.29 is 9.59 Å². The Balaban J connectivity index is 2.15. The number of amides is 2. The molecule has 1 unspecified atom stereocenters. The van der Waals surface area contributed by atoms with Crippen molar-refractivity contribution in [2.24, 2.45) is 0 Å². The summed E-state index contributed by atoms with van der Waals surface area (Å²) >= 11 is 0. The Morgan fingerprint density at radius 3 is 2.48 bits per heavy atom. The highest BCUT2D eigenvalue weighted by Crippen LogP contribution is 2.24. The number of carbonyl (C=O) groups excluding carboxylic acids is 2. The monoisotopic (exact) mass is 288 g/mol. The molecule has 2 rings (SSSR count). The van der Waals surface area contributed by atoms with Crippen LogP contribution in [0, 0.1) is 13.8 Å². The number of rotatable bonds is 5. The highest BCUT2D eigenvalue weighted by Gasteiger charge is 2.41. The molecule has 0 aliphatic carbocycles. The smallest absolute Gasteiger partial charge is 0.252 e. The number of benzene rings is 1. The van der Waals surface area contributed by atoms with E-state index in [9.17, 15) is 9.59 Å². The van der Waals surface area contributed by atoms with Gasteiger partial charge in [-0.05, 0) is 38.3 Å². The molecule has 0 aromatic heterocycles. The number of anilines is 1. The van der Waals surface area contributed by atoms with Crippen LogP contribution >= 0.6 is 0 Å². The van der Waals surface area contributed by atoms with Crippen LogP contribution in [0.5, 0.6) is 0 Å². The third-order valence-electron chi connectivity index (χ3n) is 4.20. The van der Waals surface area contributed by atoms with Gasteiger partial charge in [0.25, 0.3) is 5.91 Å². The molecule has 4 nitrogen and oxygen atoms in total. The molecule has 1 aliphatic heterocycles. The topological polar surface area (TPSA) is 49.4 Å². The molecule has 1 aromatic carbocycles. The molecule has 1 heterocycles. The number of hydrogen-bond acceptors (Lipinski definition) is 3. The first-order valence-corrected chi connectivity index (χ1v) is 7.67. The molecule has 114 valence electrons. The van der Waals surface area contributed by atoms with Crippen LogP contribution in [-0.2, 0) is 9.59 Å². The Hall–Kier alpha value is -1.84. The van der Waals surface area contributed by atoms with Gasteiger partial charge in [-0.15, -0.1) is 0 Å². The first kappa shape index (κ1) is 15.5. The second-order valence-corrected chi connectivity index (χ2v) is 5.79. The second kappa shape index (κ2) is 6.29. The standard InChI is InChI=1S/C17H24N2O2/c1-5-13(6-2)19-16(20)10-15(17(19)21)18-14-8-7-11(3)9-12(14)4/h7-9,13,15,18H,5-6,10H2,1-4H3. The average Bonchev–Trinajstić information content (AvgIpc) is 2.71. The molecule has 0 spiro atoms. The zero-order valence-corrected chi connectivity index (χ0v) is 13.3. The number of imide groups is 1. The van der Waals surface area contributed by atoms with Crippen LogP contribution < -0.4 is 5.32 Å². The van der Waals surface area contributed by atoms with Crippen LogP contribution in [0.1, 0.15) is 44.2 Å². The first-order chi connectivity index (χ1) is 9.97. The summed E-state index contributed by atoms with van der Waals surface area (Å²) < 4.78 is 0. The summed E-state index contributed by atoms with van der Waals surface area (Å²) in [5.74, 6) is -0.148. The van der Waals surface area contributed by atoms with Crippen molar-refractivity contribution in [1.82, 2.24) is 4.90 Å². The molecule has 1 aliphatic rings. The van der Waals surface area contributed by atoms with Crippen LogP contribution in [0.15, 0.2) is 18.2 Å². The molecule has 0 bridgehead atoms. The van der Waals surface area contributed by atoms with E-state index in [-0.39, 0.29) is 24.3 Å². The lowest BCUT2D eigenvalue weighted by molar-refractivity contribution is -0.141. The SMILES string of the molecule is CCC(CC)N1C(=O)CC(Nc2ccc(C)cc2C)C1=O. The summed E-state index contributed by atoms with van der Waals surface area (Å²) in [6.07, 6.45) is 1.87. The summed E-state index contributed by atoms with van der Waals surface area (Å²) in [5.41, 5.74) is 3.21. The lowest BCUT2D eigenvalue weighted by atomic mass is 10.1. The van der Waals surface area contributed by atoms with Crippen molar-refractivity contribution in [3.8, 4) is 0 Å². The molecule has 2 amide bonds. The number of likely N-dealkylation sites (tertiary alicyclic amines) is 1.